The lowest BCUT2D eigenvalue weighted by Gasteiger charge is -2.32. The van der Waals surface area contributed by atoms with E-state index in [-0.39, 0.29) is 24.4 Å². The Hall–Kier alpha value is -0.280. The third-order valence-electron chi connectivity index (χ3n) is 2.72. The fourth-order valence-electron chi connectivity index (χ4n) is 2.01. The van der Waals surface area contributed by atoms with Crippen LogP contribution in [-0.4, -0.2) is 29.9 Å². The predicted octanol–water partition coefficient (Wildman–Crippen LogP) is 1.55. The van der Waals surface area contributed by atoms with E-state index < -0.39 is 0 Å². The molecule has 0 aromatic heterocycles. The van der Waals surface area contributed by atoms with Crippen LogP contribution in [0, 0.1) is 0 Å². The second-order valence-corrected chi connectivity index (χ2v) is 3.80. The summed E-state index contributed by atoms with van der Waals surface area (Å²) in [5.41, 5.74) is 5.37. The molecular formula is C10H21ClN2O. The van der Waals surface area contributed by atoms with Crippen molar-refractivity contribution in [2.45, 2.75) is 45.1 Å². The van der Waals surface area contributed by atoms with Crippen LogP contribution in [0.5, 0.6) is 0 Å². The van der Waals surface area contributed by atoms with Crippen LogP contribution in [0.4, 0.5) is 0 Å². The van der Waals surface area contributed by atoms with Gasteiger partial charge in [-0.2, -0.15) is 0 Å². The van der Waals surface area contributed by atoms with Crippen molar-refractivity contribution in [1.29, 1.82) is 0 Å². The van der Waals surface area contributed by atoms with Crippen molar-refractivity contribution < 1.29 is 4.79 Å². The standard InChI is InChI=1S/C10H20N2O.ClH/c1-2-6-9(10(11)13)12-7-4-3-5-8-12;/h9H,2-8H2,1H3,(H2,11,13);1H. The van der Waals surface area contributed by atoms with Crippen LogP contribution in [0.25, 0.3) is 0 Å². The number of piperidine rings is 1. The zero-order valence-electron chi connectivity index (χ0n) is 8.87. The van der Waals surface area contributed by atoms with Crippen LogP contribution in [0.3, 0.4) is 0 Å². The summed E-state index contributed by atoms with van der Waals surface area (Å²) in [5.74, 6) is -0.149. The quantitative estimate of drug-likeness (QED) is 0.782. The molecule has 1 unspecified atom stereocenters. The van der Waals surface area contributed by atoms with Crippen molar-refractivity contribution in [3.05, 3.63) is 0 Å². The Balaban J connectivity index is 0.00000169. The van der Waals surface area contributed by atoms with E-state index in [1.54, 1.807) is 0 Å². The summed E-state index contributed by atoms with van der Waals surface area (Å²) in [7, 11) is 0. The van der Waals surface area contributed by atoms with Crippen LogP contribution in [-0.2, 0) is 4.79 Å². The van der Waals surface area contributed by atoms with Crippen molar-refractivity contribution in [3.8, 4) is 0 Å². The number of nitrogens with zero attached hydrogens (tertiary/aromatic N) is 1. The van der Waals surface area contributed by atoms with Gasteiger partial charge in [0.05, 0.1) is 6.04 Å². The molecule has 3 nitrogen and oxygen atoms in total. The van der Waals surface area contributed by atoms with Gasteiger partial charge in [-0.15, -0.1) is 12.4 Å². The van der Waals surface area contributed by atoms with Gasteiger partial charge in [0.1, 0.15) is 0 Å². The van der Waals surface area contributed by atoms with E-state index >= 15 is 0 Å². The molecule has 0 aromatic rings. The number of amides is 1. The molecule has 84 valence electrons. The van der Waals surface area contributed by atoms with Crippen molar-refractivity contribution in [3.63, 3.8) is 0 Å². The lowest BCUT2D eigenvalue weighted by Crippen LogP contribution is -2.46. The highest BCUT2D eigenvalue weighted by Crippen LogP contribution is 2.14. The van der Waals surface area contributed by atoms with Crippen LogP contribution in [0.15, 0.2) is 0 Å². The third-order valence-corrected chi connectivity index (χ3v) is 2.72. The zero-order chi connectivity index (χ0) is 9.68. The van der Waals surface area contributed by atoms with Gasteiger partial charge in [0, 0.05) is 0 Å². The van der Waals surface area contributed by atoms with Gasteiger partial charge in [-0.3, -0.25) is 9.69 Å². The molecule has 1 saturated heterocycles. The molecule has 0 saturated carbocycles. The Bertz CT molecular complexity index is 170. The van der Waals surface area contributed by atoms with Gasteiger partial charge in [-0.05, 0) is 32.4 Å². The summed E-state index contributed by atoms with van der Waals surface area (Å²) >= 11 is 0. The summed E-state index contributed by atoms with van der Waals surface area (Å²) in [6.07, 6.45) is 5.68. The Morgan fingerprint density at radius 2 is 1.93 bits per heavy atom. The van der Waals surface area contributed by atoms with Gasteiger partial charge in [0.2, 0.25) is 5.91 Å². The molecule has 0 aromatic carbocycles. The number of nitrogens with two attached hydrogens (primary N) is 1. The lowest BCUT2D eigenvalue weighted by atomic mass is 10.0. The van der Waals surface area contributed by atoms with Gasteiger partial charge in [0.25, 0.3) is 0 Å². The van der Waals surface area contributed by atoms with Crippen LogP contribution in [0.1, 0.15) is 39.0 Å². The third kappa shape index (κ3) is 3.84. The van der Waals surface area contributed by atoms with Gasteiger partial charge >= 0.3 is 0 Å². The number of carbonyl (C=O) groups excluding carboxylic acids is 1. The highest BCUT2D eigenvalue weighted by Gasteiger charge is 2.23. The van der Waals surface area contributed by atoms with Gasteiger partial charge in [0.15, 0.2) is 0 Å². The summed E-state index contributed by atoms with van der Waals surface area (Å²) in [6, 6.07) is -0.00898. The Labute approximate surface area is 92.4 Å². The summed E-state index contributed by atoms with van der Waals surface area (Å²) < 4.78 is 0. The SMILES string of the molecule is CCCC(C(N)=O)N1CCCCC1.Cl. The number of likely N-dealkylation sites (tertiary alicyclic amines) is 1. The molecule has 0 spiro atoms. The van der Waals surface area contributed by atoms with Gasteiger partial charge in [-0.25, -0.2) is 0 Å². The molecule has 1 amide bonds. The largest absolute Gasteiger partial charge is 0.368 e. The Morgan fingerprint density at radius 3 is 2.36 bits per heavy atom. The first-order valence-corrected chi connectivity index (χ1v) is 5.29. The smallest absolute Gasteiger partial charge is 0.234 e. The van der Waals surface area contributed by atoms with E-state index in [1.165, 1.54) is 19.3 Å². The molecule has 0 radical (unpaired) electrons. The number of rotatable bonds is 4. The minimum Gasteiger partial charge on any atom is -0.368 e. The van der Waals surface area contributed by atoms with Crippen LogP contribution >= 0.6 is 12.4 Å². The van der Waals surface area contributed by atoms with E-state index in [9.17, 15) is 4.79 Å². The minimum atomic E-state index is -0.149. The van der Waals surface area contributed by atoms with Crippen LogP contribution < -0.4 is 5.73 Å². The van der Waals surface area contributed by atoms with E-state index in [1.807, 2.05) is 0 Å². The first-order chi connectivity index (χ1) is 6.25. The van der Waals surface area contributed by atoms with Crippen molar-refractivity contribution in [1.82, 2.24) is 4.90 Å². The molecule has 1 atom stereocenters. The maximum Gasteiger partial charge on any atom is 0.234 e. The number of hydrogen-bond acceptors (Lipinski definition) is 2. The average molecular weight is 221 g/mol. The predicted molar refractivity (Wildman–Crippen MR) is 60.6 cm³/mol. The van der Waals surface area contributed by atoms with E-state index in [0.717, 1.165) is 25.9 Å². The second-order valence-electron chi connectivity index (χ2n) is 3.80. The first kappa shape index (κ1) is 13.7. The van der Waals surface area contributed by atoms with E-state index in [4.69, 9.17) is 5.73 Å². The van der Waals surface area contributed by atoms with Gasteiger partial charge in [-0.1, -0.05) is 19.8 Å². The second kappa shape index (κ2) is 7.07. The normalized spacial score (nSPS) is 19.8. The Kier molecular flexibility index (Phi) is 6.93. The molecule has 2 N–H and O–H groups in total. The molecular weight excluding hydrogens is 200 g/mol. The zero-order valence-corrected chi connectivity index (χ0v) is 9.68. The summed E-state index contributed by atoms with van der Waals surface area (Å²) in [5, 5.41) is 0. The van der Waals surface area contributed by atoms with E-state index in [0.29, 0.717) is 0 Å². The summed E-state index contributed by atoms with van der Waals surface area (Å²) in [4.78, 5) is 13.4. The number of hydrogen-bond donors (Lipinski definition) is 1. The molecule has 1 aliphatic heterocycles. The molecule has 0 aliphatic carbocycles. The molecule has 1 fully saturated rings. The minimum absolute atomic E-state index is 0. The Morgan fingerprint density at radius 1 is 1.36 bits per heavy atom. The molecule has 4 heteroatoms. The van der Waals surface area contributed by atoms with Gasteiger partial charge < -0.3 is 5.73 Å². The lowest BCUT2D eigenvalue weighted by molar-refractivity contribution is -0.123. The van der Waals surface area contributed by atoms with Crippen molar-refractivity contribution >= 4 is 18.3 Å². The highest BCUT2D eigenvalue weighted by atomic mass is 35.5. The van der Waals surface area contributed by atoms with E-state index in [2.05, 4.69) is 11.8 Å². The number of primary amides is 1. The van der Waals surface area contributed by atoms with Crippen molar-refractivity contribution in [2.75, 3.05) is 13.1 Å². The highest BCUT2D eigenvalue weighted by molar-refractivity contribution is 5.85. The maximum absolute atomic E-state index is 11.2. The molecule has 1 heterocycles. The summed E-state index contributed by atoms with van der Waals surface area (Å²) in [6.45, 7) is 4.20. The van der Waals surface area contributed by atoms with Crippen LogP contribution in [0.2, 0.25) is 0 Å². The molecule has 0 bridgehead atoms. The fourth-order valence-corrected chi connectivity index (χ4v) is 2.01. The molecule has 14 heavy (non-hydrogen) atoms. The monoisotopic (exact) mass is 220 g/mol. The first-order valence-electron chi connectivity index (χ1n) is 5.29. The molecule has 1 aliphatic rings. The average Bonchev–Trinajstić information content (AvgIpc) is 2.15. The molecule has 1 rings (SSSR count). The maximum atomic E-state index is 11.2. The van der Waals surface area contributed by atoms with Crippen molar-refractivity contribution in [2.24, 2.45) is 5.73 Å². The fraction of sp³-hybridized carbons (Fsp3) is 0.900. The topological polar surface area (TPSA) is 46.3 Å². The number of halogens is 1. The number of carbonyl (C=O) groups is 1.